The van der Waals surface area contributed by atoms with E-state index in [1.807, 2.05) is 24.1 Å². The van der Waals surface area contributed by atoms with E-state index in [-0.39, 0.29) is 11.3 Å². The minimum atomic E-state index is 0.00240. The average Bonchev–Trinajstić information content (AvgIpc) is 3.41. The summed E-state index contributed by atoms with van der Waals surface area (Å²) in [6.07, 6.45) is 7.49. The Balaban J connectivity index is 1.43. The predicted octanol–water partition coefficient (Wildman–Crippen LogP) is 3.50. The van der Waals surface area contributed by atoms with Gasteiger partial charge in [0, 0.05) is 37.4 Å². The van der Waals surface area contributed by atoms with Gasteiger partial charge in [-0.3, -0.25) is 9.78 Å². The molecule has 26 heavy (non-hydrogen) atoms. The van der Waals surface area contributed by atoms with Crippen LogP contribution in [0.4, 0.5) is 0 Å². The Morgan fingerprint density at radius 3 is 2.92 bits per heavy atom. The molecule has 132 valence electrons. The topological polar surface area (TPSA) is 51.0 Å². The Morgan fingerprint density at radius 1 is 1.23 bits per heavy atom. The number of aryl methyl sites for hydroxylation is 1. The number of amides is 1. The molecule has 2 aliphatic rings. The van der Waals surface area contributed by atoms with Gasteiger partial charge in [0.05, 0.1) is 22.3 Å². The van der Waals surface area contributed by atoms with Gasteiger partial charge in [0.15, 0.2) is 0 Å². The van der Waals surface area contributed by atoms with Gasteiger partial charge in [-0.1, -0.05) is 6.07 Å². The summed E-state index contributed by atoms with van der Waals surface area (Å²) in [6, 6.07) is 6.15. The fraction of sp³-hybridized carbons (Fsp3) is 0.350. The van der Waals surface area contributed by atoms with Gasteiger partial charge >= 0.3 is 0 Å². The monoisotopic (exact) mass is 364 g/mol. The van der Waals surface area contributed by atoms with Gasteiger partial charge in [-0.15, -0.1) is 11.3 Å². The fourth-order valence-electron chi connectivity index (χ4n) is 4.37. The highest BCUT2D eigenvalue weighted by atomic mass is 32.1. The van der Waals surface area contributed by atoms with Crippen LogP contribution < -0.4 is 0 Å². The first-order valence-corrected chi connectivity index (χ1v) is 9.85. The molecule has 1 fully saturated rings. The van der Waals surface area contributed by atoms with Crippen LogP contribution in [0.2, 0.25) is 0 Å². The van der Waals surface area contributed by atoms with Crippen LogP contribution in [-0.4, -0.2) is 38.4 Å². The molecule has 3 aromatic heterocycles. The summed E-state index contributed by atoms with van der Waals surface area (Å²) in [5, 5.41) is 2.10. The summed E-state index contributed by atoms with van der Waals surface area (Å²) < 4.78 is 2.36. The molecule has 1 spiro atoms. The van der Waals surface area contributed by atoms with Crippen LogP contribution in [0.3, 0.4) is 0 Å². The first kappa shape index (κ1) is 15.8. The van der Waals surface area contributed by atoms with Crippen molar-refractivity contribution in [3.05, 3.63) is 59.1 Å². The molecule has 0 aliphatic carbocycles. The standard InChI is InChI=1S/C20H20N4OS/c1-14-9-15(11-21-10-14)18(25)23-6-4-20(13-23)5-7-24-16(12-22-19(20)24)17-3-2-8-26-17/h2-3,8-12H,4-7,13H2,1H3/t20-/m1/s1. The zero-order valence-corrected chi connectivity index (χ0v) is 15.5. The van der Waals surface area contributed by atoms with E-state index in [0.717, 1.165) is 43.9 Å². The van der Waals surface area contributed by atoms with E-state index in [1.54, 1.807) is 23.7 Å². The summed E-state index contributed by atoms with van der Waals surface area (Å²) in [5.41, 5.74) is 2.91. The predicted molar refractivity (Wildman–Crippen MR) is 101 cm³/mol. The molecule has 1 amide bonds. The Bertz CT molecular complexity index is 978. The van der Waals surface area contributed by atoms with Crippen molar-refractivity contribution in [2.24, 2.45) is 0 Å². The lowest BCUT2D eigenvalue weighted by atomic mass is 9.85. The number of likely N-dealkylation sites (tertiary alicyclic amines) is 1. The number of aromatic nitrogens is 3. The van der Waals surface area contributed by atoms with Gasteiger partial charge in [-0.2, -0.15) is 0 Å². The van der Waals surface area contributed by atoms with E-state index < -0.39 is 0 Å². The van der Waals surface area contributed by atoms with E-state index >= 15 is 0 Å². The molecule has 6 heteroatoms. The second-order valence-electron chi connectivity index (χ2n) is 7.35. The molecule has 0 bridgehead atoms. The largest absolute Gasteiger partial charge is 0.338 e. The van der Waals surface area contributed by atoms with E-state index in [4.69, 9.17) is 4.98 Å². The summed E-state index contributed by atoms with van der Waals surface area (Å²) in [5.74, 6) is 1.24. The fourth-order valence-corrected chi connectivity index (χ4v) is 5.12. The van der Waals surface area contributed by atoms with Gasteiger partial charge < -0.3 is 9.47 Å². The highest BCUT2D eigenvalue weighted by Crippen LogP contribution is 2.44. The molecule has 5 heterocycles. The van der Waals surface area contributed by atoms with Crippen molar-refractivity contribution in [3.8, 4) is 10.6 Å². The quantitative estimate of drug-likeness (QED) is 0.699. The van der Waals surface area contributed by atoms with Gasteiger partial charge in [0.1, 0.15) is 5.82 Å². The molecule has 0 radical (unpaired) electrons. The normalized spacial score (nSPS) is 21.5. The summed E-state index contributed by atoms with van der Waals surface area (Å²) >= 11 is 1.75. The molecule has 0 N–H and O–H groups in total. The maximum atomic E-state index is 12.9. The number of carbonyl (C=O) groups excluding carboxylic acids is 1. The molecule has 1 atom stereocenters. The Labute approximate surface area is 156 Å². The molecular formula is C20H20N4OS. The molecule has 3 aromatic rings. The van der Waals surface area contributed by atoms with Crippen molar-refractivity contribution in [1.29, 1.82) is 0 Å². The lowest BCUT2D eigenvalue weighted by Crippen LogP contribution is -2.33. The van der Waals surface area contributed by atoms with E-state index in [2.05, 4.69) is 27.1 Å². The van der Waals surface area contributed by atoms with Gasteiger partial charge in [-0.05, 0) is 42.8 Å². The van der Waals surface area contributed by atoms with Gasteiger partial charge in [-0.25, -0.2) is 4.98 Å². The Kier molecular flexibility index (Phi) is 3.50. The zero-order valence-electron chi connectivity index (χ0n) is 14.7. The van der Waals surface area contributed by atoms with Crippen molar-refractivity contribution in [2.45, 2.75) is 31.7 Å². The highest BCUT2D eigenvalue weighted by molar-refractivity contribution is 7.13. The number of carbonyl (C=O) groups is 1. The zero-order chi connectivity index (χ0) is 17.7. The van der Waals surface area contributed by atoms with E-state index in [1.165, 1.54) is 10.6 Å². The molecule has 1 saturated heterocycles. The van der Waals surface area contributed by atoms with Gasteiger partial charge in [0.25, 0.3) is 5.91 Å². The first-order valence-electron chi connectivity index (χ1n) is 8.97. The van der Waals surface area contributed by atoms with Crippen molar-refractivity contribution < 1.29 is 4.79 Å². The molecular weight excluding hydrogens is 344 g/mol. The number of rotatable bonds is 2. The van der Waals surface area contributed by atoms with Crippen molar-refractivity contribution in [1.82, 2.24) is 19.4 Å². The van der Waals surface area contributed by atoms with Crippen molar-refractivity contribution >= 4 is 17.2 Å². The lowest BCUT2D eigenvalue weighted by Gasteiger charge is -2.22. The maximum Gasteiger partial charge on any atom is 0.255 e. The smallest absolute Gasteiger partial charge is 0.255 e. The highest BCUT2D eigenvalue weighted by Gasteiger charge is 2.48. The number of nitrogens with zero attached hydrogens (tertiary/aromatic N) is 4. The molecule has 0 saturated carbocycles. The average molecular weight is 364 g/mol. The maximum absolute atomic E-state index is 12.9. The second kappa shape index (κ2) is 5.77. The third-order valence-corrected chi connectivity index (χ3v) is 6.57. The van der Waals surface area contributed by atoms with Gasteiger partial charge in [0.2, 0.25) is 0 Å². The molecule has 0 aromatic carbocycles. The number of thiophene rings is 1. The van der Waals surface area contributed by atoms with Crippen LogP contribution in [0.25, 0.3) is 10.6 Å². The SMILES string of the molecule is Cc1cncc(C(=O)N2CC[C@@]3(CCn4c(-c5cccs5)cnc43)C2)c1. The van der Waals surface area contributed by atoms with Crippen LogP contribution in [0.1, 0.15) is 34.6 Å². The number of hydrogen-bond donors (Lipinski definition) is 0. The van der Waals surface area contributed by atoms with Crippen LogP contribution in [-0.2, 0) is 12.0 Å². The van der Waals surface area contributed by atoms with Crippen LogP contribution >= 0.6 is 11.3 Å². The minimum absolute atomic E-state index is 0.00240. The van der Waals surface area contributed by atoms with E-state index in [0.29, 0.717) is 5.56 Å². The van der Waals surface area contributed by atoms with E-state index in [9.17, 15) is 4.79 Å². The van der Waals surface area contributed by atoms with Crippen molar-refractivity contribution in [3.63, 3.8) is 0 Å². The number of hydrogen-bond acceptors (Lipinski definition) is 4. The molecule has 0 unspecified atom stereocenters. The minimum Gasteiger partial charge on any atom is -0.338 e. The van der Waals surface area contributed by atoms with Crippen molar-refractivity contribution in [2.75, 3.05) is 13.1 Å². The number of pyridine rings is 1. The molecule has 5 rings (SSSR count). The summed E-state index contributed by atoms with van der Waals surface area (Å²) in [7, 11) is 0. The third-order valence-electron chi connectivity index (χ3n) is 5.68. The number of fused-ring (bicyclic) bond motifs is 2. The van der Waals surface area contributed by atoms with Crippen LogP contribution in [0, 0.1) is 6.92 Å². The third kappa shape index (κ3) is 2.32. The second-order valence-corrected chi connectivity index (χ2v) is 8.30. The Hall–Kier alpha value is -2.47. The number of imidazole rings is 1. The first-order chi connectivity index (χ1) is 12.7. The summed E-state index contributed by atoms with van der Waals surface area (Å²) in [4.78, 5) is 25.1. The molecule has 5 nitrogen and oxygen atoms in total. The summed E-state index contributed by atoms with van der Waals surface area (Å²) in [6.45, 7) is 4.49. The van der Waals surface area contributed by atoms with Crippen LogP contribution in [0.5, 0.6) is 0 Å². The lowest BCUT2D eigenvalue weighted by molar-refractivity contribution is 0.0782. The molecule has 2 aliphatic heterocycles. The Morgan fingerprint density at radius 2 is 2.12 bits per heavy atom. The van der Waals surface area contributed by atoms with Crippen LogP contribution in [0.15, 0.2) is 42.2 Å².